The maximum atomic E-state index is 12.3. The van der Waals surface area contributed by atoms with Gasteiger partial charge >= 0.3 is 15.5 Å². The third kappa shape index (κ3) is 2.18. The standard InChI is InChI=1S/C6H6BrF3N4O2S/c7-5-11-4-3-13(1-2-14(4)12-5)17(15,16)6(8,9)10/h1-3H2. The average molecular weight is 335 g/mol. The number of aromatic nitrogens is 3. The Morgan fingerprint density at radius 1 is 1.29 bits per heavy atom. The molecule has 0 atom stereocenters. The van der Waals surface area contributed by atoms with Gasteiger partial charge in [-0.25, -0.2) is 18.1 Å². The van der Waals surface area contributed by atoms with Crippen LogP contribution >= 0.6 is 15.9 Å². The molecule has 0 aliphatic carbocycles. The molecule has 0 aromatic carbocycles. The molecular weight excluding hydrogens is 329 g/mol. The molecule has 11 heteroatoms. The fraction of sp³-hybridized carbons (Fsp3) is 0.667. The number of halogens is 4. The Morgan fingerprint density at radius 2 is 1.94 bits per heavy atom. The largest absolute Gasteiger partial charge is 0.511 e. The van der Waals surface area contributed by atoms with Crippen molar-refractivity contribution in [3.63, 3.8) is 0 Å². The van der Waals surface area contributed by atoms with Crippen LogP contribution in [-0.2, 0) is 23.1 Å². The second kappa shape index (κ2) is 3.92. The number of hydrogen-bond acceptors (Lipinski definition) is 4. The first-order chi connectivity index (χ1) is 7.72. The van der Waals surface area contributed by atoms with Crippen LogP contribution < -0.4 is 0 Å². The number of fused-ring (bicyclic) bond motifs is 1. The van der Waals surface area contributed by atoms with Gasteiger partial charge in [-0.05, 0) is 15.9 Å². The maximum Gasteiger partial charge on any atom is 0.511 e. The fourth-order valence-electron chi connectivity index (χ4n) is 1.43. The van der Waals surface area contributed by atoms with Crippen molar-refractivity contribution in [1.82, 2.24) is 19.1 Å². The zero-order valence-electron chi connectivity index (χ0n) is 8.15. The normalized spacial score (nSPS) is 18.1. The Hall–Kier alpha value is -0.680. The lowest BCUT2D eigenvalue weighted by Crippen LogP contribution is -2.44. The molecule has 0 N–H and O–H groups in total. The zero-order valence-corrected chi connectivity index (χ0v) is 10.5. The molecule has 0 unspecified atom stereocenters. The summed E-state index contributed by atoms with van der Waals surface area (Å²) in [6, 6.07) is 0. The van der Waals surface area contributed by atoms with Crippen molar-refractivity contribution < 1.29 is 21.6 Å². The third-order valence-corrected chi connectivity index (χ3v) is 4.15. The van der Waals surface area contributed by atoms with Gasteiger partial charge in [-0.3, -0.25) is 0 Å². The van der Waals surface area contributed by atoms with Crippen LogP contribution in [0.25, 0.3) is 0 Å². The van der Waals surface area contributed by atoms with Crippen LogP contribution in [0.5, 0.6) is 0 Å². The molecule has 17 heavy (non-hydrogen) atoms. The van der Waals surface area contributed by atoms with Crippen molar-refractivity contribution in [3.8, 4) is 0 Å². The molecule has 2 rings (SSSR count). The van der Waals surface area contributed by atoms with Crippen LogP contribution in [0.4, 0.5) is 13.2 Å². The number of alkyl halides is 3. The summed E-state index contributed by atoms with van der Waals surface area (Å²) < 4.78 is 61.2. The Labute approximate surface area is 103 Å². The van der Waals surface area contributed by atoms with E-state index in [0.717, 1.165) is 0 Å². The Bertz CT molecular complexity index is 540. The lowest BCUT2D eigenvalue weighted by molar-refractivity contribution is -0.0496. The van der Waals surface area contributed by atoms with Gasteiger partial charge < -0.3 is 0 Å². The van der Waals surface area contributed by atoms with Crippen molar-refractivity contribution in [3.05, 3.63) is 10.6 Å². The first kappa shape index (κ1) is 12.8. The lowest BCUT2D eigenvalue weighted by atomic mass is 10.4. The molecule has 0 amide bonds. The van der Waals surface area contributed by atoms with Crippen molar-refractivity contribution in [2.75, 3.05) is 6.54 Å². The molecule has 0 fully saturated rings. The van der Waals surface area contributed by atoms with E-state index in [1.807, 2.05) is 0 Å². The van der Waals surface area contributed by atoms with Gasteiger partial charge in [-0.15, -0.1) is 5.10 Å². The van der Waals surface area contributed by atoms with Gasteiger partial charge in [0.05, 0.1) is 13.1 Å². The summed E-state index contributed by atoms with van der Waals surface area (Å²) in [5.41, 5.74) is -5.29. The van der Waals surface area contributed by atoms with E-state index in [0.29, 0.717) is 4.31 Å². The van der Waals surface area contributed by atoms with Gasteiger partial charge in [0.1, 0.15) is 5.82 Å². The summed E-state index contributed by atoms with van der Waals surface area (Å²) in [4.78, 5) is 3.79. The van der Waals surface area contributed by atoms with Crippen LogP contribution in [0.15, 0.2) is 4.73 Å². The highest BCUT2D eigenvalue weighted by Gasteiger charge is 2.50. The minimum Gasteiger partial charge on any atom is -0.246 e. The summed E-state index contributed by atoms with van der Waals surface area (Å²) >= 11 is 2.97. The van der Waals surface area contributed by atoms with E-state index in [1.165, 1.54) is 4.68 Å². The van der Waals surface area contributed by atoms with Crippen molar-refractivity contribution in [2.24, 2.45) is 0 Å². The molecule has 6 nitrogen and oxygen atoms in total. The molecule has 96 valence electrons. The SMILES string of the molecule is O=S(=O)(N1CCn2nc(Br)nc2C1)C(F)(F)F. The number of hydrogen-bond donors (Lipinski definition) is 0. The van der Waals surface area contributed by atoms with Crippen LogP contribution in [0.2, 0.25) is 0 Å². The molecule has 0 bridgehead atoms. The summed E-state index contributed by atoms with van der Waals surface area (Å²) in [7, 11) is -5.30. The average Bonchev–Trinajstić information content (AvgIpc) is 2.54. The summed E-state index contributed by atoms with van der Waals surface area (Å²) in [5, 5.41) is 3.85. The van der Waals surface area contributed by atoms with Crippen LogP contribution in [-0.4, -0.2) is 39.5 Å². The summed E-state index contributed by atoms with van der Waals surface area (Å²) in [6.45, 7) is -0.658. The number of rotatable bonds is 1. The minimum absolute atomic E-state index is 0.0449. The molecule has 1 aromatic rings. The highest BCUT2D eigenvalue weighted by Crippen LogP contribution is 2.29. The first-order valence-electron chi connectivity index (χ1n) is 4.37. The van der Waals surface area contributed by atoms with Gasteiger partial charge in [0.25, 0.3) is 0 Å². The van der Waals surface area contributed by atoms with Crippen LogP contribution in [0.1, 0.15) is 5.82 Å². The van der Waals surface area contributed by atoms with E-state index >= 15 is 0 Å². The predicted molar refractivity (Wildman–Crippen MR) is 53.1 cm³/mol. The quantitative estimate of drug-likeness (QED) is 0.758. The van der Waals surface area contributed by atoms with E-state index in [-0.39, 0.29) is 23.6 Å². The first-order valence-corrected chi connectivity index (χ1v) is 6.61. The monoisotopic (exact) mass is 334 g/mol. The zero-order chi connectivity index (χ0) is 12.8. The highest BCUT2D eigenvalue weighted by molar-refractivity contribution is 9.10. The lowest BCUT2D eigenvalue weighted by Gasteiger charge is -2.26. The molecule has 1 aliphatic heterocycles. The highest BCUT2D eigenvalue weighted by atomic mass is 79.9. The molecule has 0 saturated heterocycles. The second-order valence-electron chi connectivity index (χ2n) is 3.30. The van der Waals surface area contributed by atoms with E-state index in [4.69, 9.17) is 0 Å². The number of nitrogens with zero attached hydrogens (tertiary/aromatic N) is 4. The second-order valence-corrected chi connectivity index (χ2v) is 5.94. The molecule has 1 aliphatic rings. The van der Waals surface area contributed by atoms with Gasteiger partial charge in [0, 0.05) is 6.54 Å². The summed E-state index contributed by atoms with van der Waals surface area (Å²) in [6.07, 6.45) is 0. The van der Waals surface area contributed by atoms with E-state index in [9.17, 15) is 21.6 Å². The fourth-order valence-corrected chi connectivity index (χ4v) is 2.73. The van der Waals surface area contributed by atoms with Crippen LogP contribution in [0, 0.1) is 0 Å². The molecule has 2 heterocycles. The van der Waals surface area contributed by atoms with Gasteiger partial charge in [0.15, 0.2) is 0 Å². The molecule has 0 saturated carbocycles. The third-order valence-electron chi connectivity index (χ3n) is 2.23. The maximum absolute atomic E-state index is 12.3. The van der Waals surface area contributed by atoms with E-state index < -0.39 is 22.1 Å². The van der Waals surface area contributed by atoms with E-state index in [1.54, 1.807) is 0 Å². The topological polar surface area (TPSA) is 68.1 Å². The van der Waals surface area contributed by atoms with Gasteiger partial charge in [0.2, 0.25) is 4.73 Å². The van der Waals surface area contributed by atoms with E-state index in [2.05, 4.69) is 26.0 Å². The Balaban J connectivity index is 2.29. The molecular formula is C6H6BrF3N4O2S. The Morgan fingerprint density at radius 3 is 2.53 bits per heavy atom. The van der Waals surface area contributed by atoms with Crippen molar-refractivity contribution in [1.29, 1.82) is 0 Å². The minimum atomic E-state index is -5.30. The smallest absolute Gasteiger partial charge is 0.246 e. The number of sulfonamides is 1. The predicted octanol–water partition coefficient (Wildman–Crippen LogP) is 0.706. The molecule has 0 radical (unpaired) electrons. The van der Waals surface area contributed by atoms with Gasteiger partial charge in [-0.1, -0.05) is 0 Å². The van der Waals surface area contributed by atoms with Crippen LogP contribution in [0.3, 0.4) is 0 Å². The molecule has 1 aromatic heterocycles. The molecule has 0 spiro atoms. The Kier molecular flexibility index (Phi) is 2.94. The summed E-state index contributed by atoms with van der Waals surface area (Å²) in [5.74, 6) is 0.177. The van der Waals surface area contributed by atoms with Crippen molar-refractivity contribution >= 4 is 26.0 Å². The van der Waals surface area contributed by atoms with Gasteiger partial charge in [-0.2, -0.15) is 17.5 Å². The van der Waals surface area contributed by atoms with Crippen molar-refractivity contribution in [2.45, 2.75) is 18.6 Å².